The van der Waals surface area contributed by atoms with E-state index in [1.165, 1.54) is 36.2 Å². The van der Waals surface area contributed by atoms with Crippen molar-refractivity contribution in [2.45, 2.75) is 56.2 Å². The fraction of sp³-hybridized carbons (Fsp3) is 0.410. The number of carbonyl (C=O) groups excluding carboxylic acids is 5. The lowest BCUT2D eigenvalue weighted by Crippen LogP contribution is -2.55. The number of ketones is 2. The van der Waals surface area contributed by atoms with Crippen LogP contribution in [0.25, 0.3) is 11.2 Å². The summed E-state index contributed by atoms with van der Waals surface area (Å²) >= 11 is 0. The highest BCUT2D eigenvalue weighted by Crippen LogP contribution is 2.55. The number of anilines is 2. The summed E-state index contributed by atoms with van der Waals surface area (Å²) in [6.45, 7) is 2.07. The molecule has 1 aromatic carbocycles. The number of aromatic nitrogens is 4. The molecule has 1 unspecified atom stereocenters. The van der Waals surface area contributed by atoms with E-state index in [0.717, 1.165) is 10.8 Å². The lowest BCUT2D eigenvalue weighted by Gasteiger charge is -2.39. The fourth-order valence-corrected chi connectivity index (χ4v) is 10.2. The number of fused-ring (bicyclic) bond motifs is 5. The van der Waals surface area contributed by atoms with Crippen molar-refractivity contribution in [1.82, 2.24) is 46.1 Å². The zero-order valence-corrected chi connectivity index (χ0v) is 36.3. The Kier molecular flexibility index (Phi) is 13.6. The van der Waals surface area contributed by atoms with Gasteiger partial charge in [-0.1, -0.05) is 21.6 Å². The SMILES string of the molecule is CO[C@@]12[C@H](COC(N)=O)C3=C(C(=O)C(C)=C(NCCSSC[C@@H](NC(=O)CC[C@@H](NC(=O)c4ccc(NCc5cnc6nc(N)[nH]c(=O)c6n5)cc4)C(=O)O)C(=O)O)C3=O)N1CC1N[C@@H]12. The predicted octanol–water partition coefficient (Wildman–Crippen LogP) is -1.19. The van der Waals surface area contributed by atoms with Crippen LogP contribution in [0, 0.1) is 5.92 Å². The van der Waals surface area contributed by atoms with Gasteiger partial charge in [0.25, 0.3) is 11.5 Å². The van der Waals surface area contributed by atoms with Crippen LogP contribution in [0.3, 0.4) is 0 Å². The van der Waals surface area contributed by atoms with Crippen LogP contribution >= 0.6 is 21.6 Å². The number of allylic oxidation sites excluding steroid dienone is 2. The number of carbonyl (C=O) groups is 7. The number of piperazine rings is 1. The minimum Gasteiger partial charge on any atom is -0.480 e. The van der Waals surface area contributed by atoms with Gasteiger partial charge < -0.3 is 62.6 Å². The number of methoxy groups -OCH3 is 1. The molecule has 3 aromatic rings. The third-order valence-corrected chi connectivity index (χ3v) is 13.7. The summed E-state index contributed by atoms with van der Waals surface area (Å²) in [5, 5.41) is 33.7. The van der Waals surface area contributed by atoms with E-state index in [2.05, 4.69) is 46.5 Å². The molecule has 12 N–H and O–H groups in total. The van der Waals surface area contributed by atoms with Crippen LogP contribution in [0.2, 0.25) is 0 Å². The van der Waals surface area contributed by atoms with Gasteiger partial charge in [-0.3, -0.25) is 29.0 Å². The molecule has 26 heteroatoms. The summed E-state index contributed by atoms with van der Waals surface area (Å²) < 4.78 is 11.1. The second kappa shape index (κ2) is 19.1. The van der Waals surface area contributed by atoms with Gasteiger partial charge in [0.15, 0.2) is 16.9 Å². The van der Waals surface area contributed by atoms with Crippen LogP contribution in [0.4, 0.5) is 16.4 Å². The average molecular weight is 937 g/mol. The van der Waals surface area contributed by atoms with Crippen molar-refractivity contribution in [3.8, 4) is 0 Å². The van der Waals surface area contributed by atoms with E-state index >= 15 is 0 Å². The number of ether oxygens (including phenoxy) is 2. The number of rotatable bonds is 21. The van der Waals surface area contributed by atoms with Gasteiger partial charge in [-0.15, -0.1) is 0 Å². The number of nitrogens with one attached hydrogen (secondary N) is 6. The van der Waals surface area contributed by atoms with E-state index in [4.69, 9.17) is 20.9 Å². The highest BCUT2D eigenvalue weighted by Gasteiger charge is 2.72. The summed E-state index contributed by atoms with van der Waals surface area (Å²) in [7, 11) is 3.86. The maximum absolute atomic E-state index is 14.0. The van der Waals surface area contributed by atoms with E-state index in [1.54, 1.807) is 24.0 Å². The number of aromatic amines is 1. The molecule has 0 radical (unpaired) electrons. The molecule has 344 valence electrons. The van der Waals surface area contributed by atoms with E-state index in [-0.39, 0.29) is 95.0 Å². The Bertz CT molecular complexity index is 2590. The van der Waals surface area contributed by atoms with Gasteiger partial charge >= 0.3 is 18.0 Å². The smallest absolute Gasteiger partial charge is 0.404 e. The van der Waals surface area contributed by atoms with E-state index in [1.807, 2.05) is 0 Å². The topological polar surface area (TPSA) is 375 Å². The Morgan fingerprint density at radius 1 is 1.02 bits per heavy atom. The van der Waals surface area contributed by atoms with Gasteiger partial charge in [0, 0.05) is 66.6 Å². The largest absolute Gasteiger partial charge is 0.480 e. The highest BCUT2D eigenvalue weighted by molar-refractivity contribution is 8.76. The summed E-state index contributed by atoms with van der Waals surface area (Å²) in [5.41, 5.74) is 11.1. The molecular formula is C39H44N12O12S2. The van der Waals surface area contributed by atoms with Crippen LogP contribution in [0.5, 0.6) is 0 Å². The van der Waals surface area contributed by atoms with Crippen molar-refractivity contribution in [2.24, 2.45) is 11.7 Å². The number of nitrogen functional groups attached to an aromatic ring is 1. The molecule has 65 heavy (non-hydrogen) atoms. The van der Waals surface area contributed by atoms with Crippen molar-refractivity contribution in [1.29, 1.82) is 0 Å². The molecule has 7 rings (SSSR count). The second-order valence-electron chi connectivity index (χ2n) is 15.2. The van der Waals surface area contributed by atoms with Crippen molar-refractivity contribution < 1.29 is 53.2 Å². The van der Waals surface area contributed by atoms with Gasteiger partial charge in [0.05, 0.1) is 41.8 Å². The number of hydrogen-bond donors (Lipinski definition) is 10. The van der Waals surface area contributed by atoms with Crippen molar-refractivity contribution >= 4 is 85.8 Å². The zero-order chi connectivity index (χ0) is 46.7. The van der Waals surface area contributed by atoms with Crippen molar-refractivity contribution in [3.05, 3.63) is 74.6 Å². The van der Waals surface area contributed by atoms with Crippen LogP contribution in [0.15, 0.2) is 57.8 Å². The van der Waals surface area contributed by atoms with E-state index in [0.29, 0.717) is 23.7 Å². The molecule has 0 bridgehead atoms. The monoisotopic (exact) mass is 936 g/mol. The maximum Gasteiger partial charge on any atom is 0.404 e. The molecule has 1 aliphatic carbocycles. The van der Waals surface area contributed by atoms with E-state index < -0.39 is 71.3 Å². The second-order valence-corrected chi connectivity index (χ2v) is 17.9. The summed E-state index contributed by atoms with van der Waals surface area (Å²) in [6, 6.07) is 3.10. The van der Waals surface area contributed by atoms with Gasteiger partial charge in [-0.25, -0.2) is 24.4 Å². The maximum atomic E-state index is 14.0. The number of Topliss-reactive ketones (excluding diaryl/α,β-unsaturated/α-hetero) is 2. The van der Waals surface area contributed by atoms with Gasteiger partial charge in [0.2, 0.25) is 23.4 Å². The molecule has 0 spiro atoms. The molecule has 6 atom stereocenters. The number of nitrogens with two attached hydrogens (primary N) is 2. The number of hydrogen-bond acceptors (Lipinski definition) is 20. The minimum atomic E-state index is -1.47. The molecule has 4 aliphatic rings. The van der Waals surface area contributed by atoms with Gasteiger partial charge in [-0.05, 0) is 37.6 Å². The third kappa shape index (κ3) is 9.55. The molecular weight excluding hydrogens is 893 g/mol. The number of nitrogens with zero attached hydrogens (tertiary/aromatic N) is 4. The lowest BCUT2D eigenvalue weighted by molar-refractivity contribution is -0.142. The fourth-order valence-electron chi connectivity index (χ4n) is 8.10. The lowest BCUT2D eigenvalue weighted by atomic mass is 9.82. The van der Waals surface area contributed by atoms with Gasteiger partial charge in [0.1, 0.15) is 18.7 Å². The van der Waals surface area contributed by atoms with Crippen LogP contribution in [-0.4, -0.2) is 145 Å². The molecule has 24 nitrogen and oxygen atoms in total. The van der Waals surface area contributed by atoms with Gasteiger partial charge in [-0.2, -0.15) is 4.98 Å². The molecule has 5 heterocycles. The Labute approximate surface area is 375 Å². The number of primary amides is 1. The summed E-state index contributed by atoms with van der Waals surface area (Å²) in [4.78, 5) is 118. The number of amides is 3. The first-order valence-corrected chi connectivity index (χ1v) is 22.5. The summed E-state index contributed by atoms with van der Waals surface area (Å²) in [6.07, 6.45) is -0.345. The highest BCUT2D eigenvalue weighted by atomic mass is 33.1. The predicted molar refractivity (Wildman–Crippen MR) is 233 cm³/mol. The Hall–Kier alpha value is -6.77. The molecule has 3 amide bonds. The van der Waals surface area contributed by atoms with Crippen LogP contribution in [0.1, 0.15) is 35.8 Å². The van der Waals surface area contributed by atoms with Crippen LogP contribution in [-0.2, 0) is 40.0 Å². The summed E-state index contributed by atoms with van der Waals surface area (Å²) in [5.74, 6) is -5.58. The normalized spacial score (nSPS) is 21.6. The third-order valence-electron chi connectivity index (χ3n) is 11.2. The number of aliphatic carboxylic acids is 2. The molecule has 3 aliphatic heterocycles. The molecule has 2 aromatic heterocycles. The first kappa shape index (κ1) is 46.2. The van der Waals surface area contributed by atoms with Crippen LogP contribution < -0.4 is 43.6 Å². The van der Waals surface area contributed by atoms with Crippen molar-refractivity contribution in [3.63, 3.8) is 0 Å². The Morgan fingerprint density at radius 2 is 1.75 bits per heavy atom. The van der Waals surface area contributed by atoms with E-state index in [9.17, 15) is 48.6 Å². The first-order valence-electron chi connectivity index (χ1n) is 20.0. The quantitative estimate of drug-likeness (QED) is 0.0260. The Morgan fingerprint density at radius 3 is 2.45 bits per heavy atom. The minimum absolute atomic E-state index is 0.0161. The number of benzene rings is 1. The average Bonchev–Trinajstić information content (AvgIpc) is 3.88. The van der Waals surface area contributed by atoms with Crippen molar-refractivity contribution in [2.75, 3.05) is 49.4 Å². The first-order chi connectivity index (χ1) is 31.0. The number of H-pyrrole nitrogens is 1. The number of carboxylic acid groups (broad SMARTS) is 2. The number of carboxylic acids is 2. The molecule has 2 fully saturated rings. The Balaban J connectivity index is 0.841. The molecule has 2 saturated heterocycles. The standard InChI is InChI=1S/C39H44N12O12S2/c1-16-26(30(54)25-20(14-63-38(41)61)39(62-2)31-22(47-31)13-51(39)28(25)29(16)53)42-9-10-64-65-15-23(36(59)60)46-24(52)8-7-21(35(57)58)48-33(55)17-3-5-18(6-4-17)43-11-19-12-44-32-27(45-19)34(56)50-37(40)49-32/h3-6,12,20-23,31,42-43,47H,7-11,13-15H2,1-2H3,(H2,41,61)(H,46,52)(H,48,55)(H,57,58)(H,59,60)(H3,40,44,49,50,56)/t20-,21-,22?,23-,31+,39-/m1/s1. The molecule has 0 saturated carbocycles. The zero-order valence-electron chi connectivity index (χ0n) is 34.7.